The summed E-state index contributed by atoms with van der Waals surface area (Å²) in [4.78, 5) is 0. The van der Waals surface area contributed by atoms with Gasteiger partial charge >= 0.3 is 5.97 Å². The smallest absolute Gasteiger partial charge is 0.331 e. The molecule has 0 unspecified atom stereocenters. The van der Waals surface area contributed by atoms with E-state index < -0.39 is 5.97 Å². The molecule has 0 radical (unpaired) electrons. The minimum atomic E-state index is -0.939. The van der Waals surface area contributed by atoms with Crippen LogP contribution in [0.5, 0.6) is 0 Å². The second kappa shape index (κ2) is 3.31. The van der Waals surface area contributed by atoms with E-state index in [0.29, 0.717) is 0 Å². The first-order valence-electron chi connectivity index (χ1n) is 4.43. The van der Waals surface area contributed by atoms with Crippen LogP contribution in [-0.2, 0) is 14.2 Å². The third-order valence-electron chi connectivity index (χ3n) is 2.56. The zero-order chi connectivity index (χ0) is 10.1. The summed E-state index contributed by atoms with van der Waals surface area (Å²) in [5.41, 5.74) is -0.171. The molecule has 0 bridgehead atoms. The quantitative estimate of drug-likeness (QED) is 0.619. The van der Waals surface area contributed by atoms with Crippen LogP contribution in [0.4, 0.5) is 0 Å². The van der Waals surface area contributed by atoms with E-state index in [1.807, 2.05) is 6.92 Å². The third-order valence-corrected chi connectivity index (χ3v) is 2.56. The predicted octanol–water partition coefficient (Wildman–Crippen LogP) is 2.28. The lowest BCUT2D eigenvalue weighted by Gasteiger charge is -2.45. The molecule has 13 heavy (non-hydrogen) atoms. The molecule has 1 rings (SSSR count). The Hall–Kier alpha value is -0.540. The number of allylic oxidation sites excluding steroid dienone is 2. The number of hydrogen-bond donors (Lipinski definition) is 0. The molecule has 0 spiro atoms. The molecule has 1 aliphatic heterocycles. The highest BCUT2D eigenvalue weighted by Gasteiger charge is 2.50. The molecule has 0 amide bonds. The fourth-order valence-corrected chi connectivity index (χ4v) is 1.63. The molecule has 0 atom stereocenters. The molecule has 3 heteroatoms. The maximum atomic E-state index is 5.60. The zero-order valence-corrected chi connectivity index (χ0v) is 9.01. The number of hydrogen-bond acceptors (Lipinski definition) is 3. The summed E-state index contributed by atoms with van der Waals surface area (Å²) in [5, 5.41) is 0. The summed E-state index contributed by atoms with van der Waals surface area (Å²) in [5.74, 6) is -0.0886. The molecule has 1 aliphatic rings. The van der Waals surface area contributed by atoms with Crippen molar-refractivity contribution in [3.63, 3.8) is 0 Å². The van der Waals surface area contributed by atoms with E-state index in [2.05, 4.69) is 19.9 Å². The molecule has 0 N–H and O–H groups in total. The molecule has 0 aromatic carbocycles. The Kier molecular flexibility index (Phi) is 2.68. The lowest BCUT2D eigenvalue weighted by Crippen LogP contribution is -2.51. The molecule has 3 nitrogen and oxygen atoms in total. The Morgan fingerprint density at radius 2 is 1.85 bits per heavy atom. The summed E-state index contributed by atoms with van der Waals surface area (Å²) < 4.78 is 16.3. The minimum Gasteiger partial charge on any atom is -0.444 e. The molecule has 0 fully saturated rings. The van der Waals surface area contributed by atoms with Crippen molar-refractivity contribution in [2.45, 2.75) is 33.2 Å². The Bertz CT molecular complexity index is 214. The van der Waals surface area contributed by atoms with Gasteiger partial charge in [-0.1, -0.05) is 13.8 Å². The van der Waals surface area contributed by atoms with E-state index in [1.54, 1.807) is 14.2 Å². The summed E-state index contributed by atoms with van der Waals surface area (Å²) in [7, 11) is 3.20. The molecule has 76 valence electrons. The third kappa shape index (κ3) is 1.58. The SMILES string of the molecule is COC1(OC)OC(C)=CCC1(C)C. The van der Waals surface area contributed by atoms with E-state index in [0.717, 1.165) is 12.2 Å². The lowest BCUT2D eigenvalue weighted by molar-refractivity contribution is -0.400. The van der Waals surface area contributed by atoms with Gasteiger partial charge in [0.05, 0.1) is 11.2 Å². The largest absolute Gasteiger partial charge is 0.444 e. The minimum absolute atomic E-state index is 0.171. The Morgan fingerprint density at radius 1 is 1.31 bits per heavy atom. The molecular formula is C10H18O3. The molecule has 0 aliphatic carbocycles. The molecule has 1 heterocycles. The van der Waals surface area contributed by atoms with Crippen LogP contribution in [0.15, 0.2) is 11.8 Å². The fourth-order valence-electron chi connectivity index (χ4n) is 1.63. The standard InChI is InChI=1S/C10H18O3/c1-8-6-7-9(2,3)10(11-4,12-5)13-8/h6H,7H2,1-5H3. The van der Waals surface area contributed by atoms with Crippen LogP contribution >= 0.6 is 0 Å². The number of rotatable bonds is 2. The van der Waals surface area contributed by atoms with Crippen molar-refractivity contribution < 1.29 is 14.2 Å². The maximum Gasteiger partial charge on any atom is 0.331 e. The van der Waals surface area contributed by atoms with Gasteiger partial charge in [-0.2, -0.15) is 0 Å². The van der Waals surface area contributed by atoms with E-state index in [1.165, 1.54) is 0 Å². The first-order chi connectivity index (χ1) is 5.97. The maximum absolute atomic E-state index is 5.60. The van der Waals surface area contributed by atoms with Crippen LogP contribution in [0.2, 0.25) is 0 Å². The first kappa shape index (κ1) is 10.5. The Labute approximate surface area is 79.7 Å². The van der Waals surface area contributed by atoms with Crippen LogP contribution in [0, 0.1) is 5.41 Å². The van der Waals surface area contributed by atoms with Gasteiger partial charge in [0.2, 0.25) is 0 Å². The van der Waals surface area contributed by atoms with Crippen molar-refractivity contribution in [2.75, 3.05) is 14.2 Å². The fraction of sp³-hybridized carbons (Fsp3) is 0.800. The zero-order valence-electron chi connectivity index (χ0n) is 9.01. The van der Waals surface area contributed by atoms with Gasteiger partial charge in [0.25, 0.3) is 0 Å². The van der Waals surface area contributed by atoms with E-state index >= 15 is 0 Å². The first-order valence-corrected chi connectivity index (χ1v) is 4.43. The normalized spacial score (nSPS) is 24.8. The van der Waals surface area contributed by atoms with Crippen LogP contribution in [-0.4, -0.2) is 20.2 Å². The topological polar surface area (TPSA) is 27.7 Å². The highest BCUT2D eigenvalue weighted by Crippen LogP contribution is 2.43. The van der Waals surface area contributed by atoms with Crippen molar-refractivity contribution in [2.24, 2.45) is 5.41 Å². The van der Waals surface area contributed by atoms with Gasteiger partial charge in [-0.25, -0.2) is 0 Å². The van der Waals surface area contributed by atoms with Gasteiger partial charge in [-0.05, 0) is 19.4 Å². The van der Waals surface area contributed by atoms with E-state index in [9.17, 15) is 0 Å². The van der Waals surface area contributed by atoms with Crippen molar-refractivity contribution in [1.82, 2.24) is 0 Å². The van der Waals surface area contributed by atoms with Crippen LogP contribution in [0.3, 0.4) is 0 Å². The Morgan fingerprint density at radius 3 is 2.23 bits per heavy atom. The average Bonchev–Trinajstić information content (AvgIpc) is 2.09. The summed E-state index contributed by atoms with van der Waals surface area (Å²) >= 11 is 0. The van der Waals surface area contributed by atoms with Gasteiger partial charge in [0.15, 0.2) is 0 Å². The van der Waals surface area contributed by atoms with Gasteiger partial charge in [-0.3, -0.25) is 0 Å². The summed E-state index contributed by atoms with van der Waals surface area (Å²) in [6.07, 6.45) is 2.94. The van der Waals surface area contributed by atoms with Crippen molar-refractivity contribution in [3.8, 4) is 0 Å². The van der Waals surface area contributed by atoms with Crippen molar-refractivity contribution in [3.05, 3.63) is 11.8 Å². The van der Waals surface area contributed by atoms with Crippen molar-refractivity contribution >= 4 is 0 Å². The predicted molar refractivity (Wildman–Crippen MR) is 50.0 cm³/mol. The van der Waals surface area contributed by atoms with Crippen LogP contribution in [0.1, 0.15) is 27.2 Å². The molecule has 0 saturated heterocycles. The number of methoxy groups -OCH3 is 2. The van der Waals surface area contributed by atoms with Crippen LogP contribution < -0.4 is 0 Å². The molecule has 0 saturated carbocycles. The van der Waals surface area contributed by atoms with Gasteiger partial charge in [0, 0.05) is 14.2 Å². The second-order valence-corrected chi connectivity index (χ2v) is 3.97. The highest BCUT2D eigenvalue weighted by molar-refractivity contribution is 5.02. The monoisotopic (exact) mass is 186 g/mol. The van der Waals surface area contributed by atoms with E-state index in [4.69, 9.17) is 14.2 Å². The highest BCUT2D eigenvalue weighted by atomic mass is 16.9. The molecule has 0 aromatic heterocycles. The Balaban J connectivity index is 2.99. The second-order valence-electron chi connectivity index (χ2n) is 3.97. The molecule has 0 aromatic rings. The van der Waals surface area contributed by atoms with Gasteiger partial charge in [-0.15, -0.1) is 0 Å². The van der Waals surface area contributed by atoms with Gasteiger partial charge in [0.1, 0.15) is 0 Å². The summed E-state index contributed by atoms with van der Waals surface area (Å²) in [6.45, 7) is 6.02. The van der Waals surface area contributed by atoms with Crippen LogP contribution in [0.25, 0.3) is 0 Å². The lowest BCUT2D eigenvalue weighted by atomic mass is 9.84. The summed E-state index contributed by atoms with van der Waals surface area (Å²) in [6, 6.07) is 0. The van der Waals surface area contributed by atoms with Crippen molar-refractivity contribution in [1.29, 1.82) is 0 Å². The molecular weight excluding hydrogens is 168 g/mol. The van der Waals surface area contributed by atoms with Gasteiger partial charge < -0.3 is 14.2 Å². The van der Waals surface area contributed by atoms with E-state index in [-0.39, 0.29) is 5.41 Å². The average molecular weight is 186 g/mol. The number of ether oxygens (including phenoxy) is 3.